The summed E-state index contributed by atoms with van der Waals surface area (Å²) < 4.78 is 0. The smallest absolute Gasteiger partial charge is 0.246 e. The number of thioether (sulfide) groups is 1. The zero-order chi connectivity index (χ0) is 18.2. The molecule has 0 unspecified atom stereocenters. The summed E-state index contributed by atoms with van der Waals surface area (Å²) in [5, 5.41) is 3.14. The van der Waals surface area contributed by atoms with E-state index >= 15 is 0 Å². The molecule has 1 aromatic carbocycles. The van der Waals surface area contributed by atoms with Gasteiger partial charge in [-0.25, -0.2) is 0 Å². The number of halogens is 1. The van der Waals surface area contributed by atoms with E-state index in [-0.39, 0.29) is 29.1 Å². The van der Waals surface area contributed by atoms with Gasteiger partial charge in [0.2, 0.25) is 17.7 Å². The molecule has 25 heavy (non-hydrogen) atoms. The van der Waals surface area contributed by atoms with E-state index in [4.69, 9.17) is 11.6 Å². The minimum Gasteiger partial charge on any atom is -0.335 e. The van der Waals surface area contributed by atoms with Crippen LogP contribution in [0.2, 0.25) is 5.02 Å². The standard InChI is InChI=1S/C17H20ClN3O3S/c1-17-8-7-15(23)21(17)13(10-25-17)16(24)20(2)9-14(22)19-12-6-4-3-5-11(12)18/h3-6,13H,7-10H2,1-2H3,(H,19,22)/t13-,17-/m0/s1. The molecule has 0 saturated carbocycles. The molecule has 2 saturated heterocycles. The van der Waals surface area contributed by atoms with Crippen LogP contribution >= 0.6 is 23.4 Å². The molecule has 3 rings (SSSR count). The predicted octanol–water partition coefficient (Wildman–Crippen LogP) is 2.19. The van der Waals surface area contributed by atoms with Crippen molar-refractivity contribution in [3.8, 4) is 0 Å². The van der Waals surface area contributed by atoms with Crippen molar-refractivity contribution in [1.29, 1.82) is 0 Å². The second-order valence-electron chi connectivity index (χ2n) is 6.49. The minimum atomic E-state index is -0.497. The number of carbonyl (C=O) groups is 3. The zero-order valence-electron chi connectivity index (χ0n) is 14.1. The highest BCUT2D eigenvalue weighted by molar-refractivity contribution is 8.01. The maximum Gasteiger partial charge on any atom is 0.246 e. The van der Waals surface area contributed by atoms with Gasteiger partial charge in [-0.1, -0.05) is 23.7 Å². The molecule has 1 aromatic rings. The van der Waals surface area contributed by atoms with Crippen LogP contribution in [0.5, 0.6) is 0 Å². The Balaban J connectivity index is 1.62. The van der Waals surface area contributed by atoms with Crippen molar-refractivity contribution in [3.05, 3.63) is 29.3 Å². The van der Waals surface area contributed by atoms with Crippen molar-refractivity contribution in [3.63, 3.8) is 0 Å². The lowest BCUT2D eigenvalue weighted by molar-refractivity contribution is -0.143. The third-order valence-electron chi connectivity index (χ3n) is 4.63. The number of amides is 3. The topological polar surface area (TPSA) is 69.7 Å². The van der Waals surface area contributed by atoms with E-state index in [2.05, 4.69) is 5.32 Å². The SMILES string of the molecule is CN(CC(=O)Nc1ccccc1Cl)C(=O)[C@@H]1CS[C@@]2(C)CCC(=O)N12. The lowest BCUT2D eigenvalue weighted by Crippen LogP contribution is -2.51. The molecule has 0 bridgehead atoms. The Labute approximate surface area is 155 Å². The van der Waals surface area contributed by atoms with Gasteiger partial charge >= 0.3 is 0 Å². The Bertz CT molecular complexity index is 729. The average Bonchev–Trinajstić information content (AvgIpc) is 3.05. The molecule has 2 fully saturated rings. The van der Waals surface area contributed by atoms with Crippen molar-refractivity contribution in [2.24, 2.45) is 0 Å². The van der Waals surface area contributed by atoms with Crippen LogP contribution in [0.4, 0.5) is 5.69 Å². The van der Waals surface area contributed by atoms with Crippen LogP contribution in [0.3, 0.4) is 0 Å². The normalized spacial score (nSPS) is 25.0. The number of nitrogens with one attached hydrogen (secondary N) is 1. The largest absolute Gasteiger partial charge is 0.335 e. The van der Waals surface area contributed by atoms with Crippen molar-refractivity contribution < 1.29 is 14.4 Å². The number of likely N-dealkylation sites (N-methyl/N-ethyl adjacent to an activating group) is 1. The molecule has 3 amide bonds. The van der Waals surface area contributed by atoms with Gasteiger partial charge in [0.1, 0.15) is 6.04 Å². The molecule has 1 N–H and O–H groups in total. The maximum atomic E-state index is 12.7. The lowest BCUT2D eigenvalue weighted by atomic mass is 10.2. The van der Waals surface area contributed by atoms with Crippen LogP contribution in [0.1, 0.15) is 19.8 Å². The van der Waals surface area contributed by atoms with E-state index < -0.39 is 6.04 Å². The fourth-order valence-corrected chi connectivity index (χ4v) is 4.91. The van der Waals surface area contributed by atoms with Crippen molar-refractivity contribution in [2.45, 2.75) is 30.7 Å². The van der Waals surface area contributed by atoms with Crippen LogP contribution in [0, 0.1) is 0 Å². The summed E-state index contributed by atoms with van der Waals surface area (Å²) >= 11 is 7.66. The van der Waals surface area contributed by atoms with Crippen LogP contribution < -0.4 is 5.32 Å². The number of nitrogens with zero attached hydrogens (tertiary/aromatic N) is 2. The quantitative estimate of drug-likeness (QED) is 0.868. The first-order chi connectivity index (χ1) is 11.8. The number of hydrogen-bond donors (Lipinski definition) is 1. The van der Waals surface area contributed by atoms with Crippen molar-refractivity contribution >= 4 is 46.8 Å². The summed E-state index contributed by atoms with van der Waals surface area (Å²) in [5.74, 6) is 0.0445. The molecule has 0 aliphatic carbocycles. The summed E-state index contributed by atoms with van der Waals surface area (Å²) in [7, 11) is 1.58. The monoisotopic (exact) mass is 381 g/mol. The maximum absolute atomic E-state index is 12.7. The molecule has 2 aliphatic rings. The number of para-hydroxylation sites is 1. The van der Waals surface area contributed by atoms with E-state index in [1.807, 2.05) is 6.92 Å². The van der Waals surface area contributed by atoms with Crippen LogP contribution in [-0.2, 0) is 14.4 Å². The van der Waals surface area contributed by atoms with Crippen molar-refractivity contribution in [2.75, 3.05) is 24.7 Å². The van der Waals surface area contributed by atoms with E-state index in [0.717, 1.165) is 6.42 Å². The molecule has 0 radical (unpaired) electrons. The molecule has 8 heteroatoms. The fraction of sp³-hybridized carbons (Fsp3) is 0.471. The van der Waals surface area contributed by atoms with E-state index in [0.29, 0.717) is 22.9 Å². The average molecular weight is 382 g/mol. The van der Waals surface area contributed by atoms with Gasteiger partial charge in [-0.05, 0) is 25.5 Å². The molecule has 6 nitrogen and oxygen atoms in total. The van der Waals surface area contributed by atoms with E-state index in [9.17, 15) is 14.4 Å². The van der Waals surface area contributed by atoms with Crippen LogP contribution in [0.25, 0.3) is 0 Å². The Morgan fingerprint density at radius 2 is 2.16 bits per heavy atom. The Hall–Kier alpha value is -1.73. The molecule has 0 aromatic heterocycles. The molecule has 2 heterocycles. The molecular weight excluding hydrogens is 362 g/mol. The van der Waals surface area contributed by atoms with Gasteiger partial charge in [-0.2, -0.15) is 0 Å². The molecule has 0 spiro atoms. The fourth-order valence-electron chi connectivity index (χ4n) is 3.30. The Kier molecular flexibility index (Phi) is 4.97. The van der Waals surface area contributed by atoms with Gasteiger partial charge in [0.15, 0.2) is 0 Å². The summed E-state index contributed by atoms with van der Waals surface area (Å²) in [5.41, 5.74) is 0.508. The molecule has 2 aliphatic heterocycles. The summed E-state index contributed by atoms with van der Waals surface area (Å²) in [6, 6.07) is 6.43. The summed E-state index contributed by atoms with van der Waals surface area (Å²) in [6.07, 6.45) is 1.24. The number of fused-ring (bicyclic) bond motifs is 1. The summed E-state index contributed by atoms with van der Waals surface area (Å²) in [6.45, 7) is 1.91. The minimum absolute atomic E-state index is 0.0137. The predicted molar refractivity (Wildman–Crippen MR) is 98.4 cm³/mol. The van der Waals surface area contributed by atoms with Crippen LogP contribution in [0.15, 0.2) is 24.3 Å². The first kappa shape index (κ1) is 18.1. The van der Waals surface area contributed by atoms with Gasteiger partial charge in [-0.3, -0.25) is 14.4 Å². The van der Waals surface area contributed by atoms with Gasteiger partial charge < -0.3 is 15.1 Å². The van der Waals surface area contributed by atoms with Gasteiger partial charge in [-0.15, -0.1) is 11.8 Å². The van der Waals surface area contributed by atoms with Gasteiger partial charge in [0.25, 0.3) is 0 Å². The highest BCUT2D eigenvalue weighted by atomic mass is 35.5. The Morgan fingerprint density at radius 1 is 1.44 bits per heavy atom. The number of rotatable bonds is 4. The first-order valence-electron chi connectivity index (χ1n) is 8.07. The number of carbonyl (C=O) groups excluding carboxylic acids is 3. The van der Waals surface area contributed by atoms with Crippen molar-refractivity contribution in [1.82, 2.24) is 9.80 Å². The molecule has 134 valence electrons. The van der Waals surface area contributed by atoms with E-state index in [1.54, 1.807) is 48.0 Å². The van der Waals surface area contributed by atoms with E-state index in [1.165, 1.54) is 4.90 Å². The highest BCUT2D eigenvalue weighted by Gasteiger charge is 2.53. The zero-order valence-corrected chi connectivity index (χ0v) is 15.7. The Morgan fingerprint density at radius 3 is 2.88 bits per heavy atom. The van der Waals surface area contributed by atoms with Gasteiger partial charge in [0, 0.05) is 19.2 Å². The highest BCUT2D eigenvalue weighted by Crippen LogP contribution is 2.47. The second-order valence-corrected chi connectivity index (χ2v) is 8.40. The first-order valence-corrected chi connectivity index (χ1v) is 9.44. The second kappa shape index (κ2) is 6.88. The molecular formula is C17H20ClN3O3S. The lowest BCUT2D eigenvalue weighted by Gasteiger charge is -2.31. The molecule has 2 atom stereocenters. The third kappa shape index (κ3) is 3.48. The number of benzene rings is 1. The third-order valence-corrected chi connectivity index (χ3v) is 6.47. The van der Waals surface area contributed by atoms with Gasteiger partial charge in [0.05, 0.1) is 22.1 Å². The number of hydrogen-bond acceptors (Lipinski definition) is 4. The summed E-state index contributed by atoms with van der Waals surface area (Å²) in [4.78, 5) is 39.9. The number of anilines is 1. The van der Waals surface area contributed by atoms with Crippen LogP contribution in [-0.4, -0.2) is 57.8 Å².